The third-order valence-corrected chi connectivity index (χ3v) is 2.64. The van der Waals surface area contributed by atoms with Crippen molar-refractivity contribution in [3.05, 3.63) is 47.1 Å². The number of amidine groups is 1. The third kappa shape index (κ3) is 3.74. The molecule has 17 heavy (non-hydrogen) atoms. The Labute approximate surface area is 104 Å². The van der Waals surface area contributed by atoms with Crippen molar-refractivity contribution >= 4 is 5.84 Å². The molecule has 0 saturated heterocycles. The van der Waals surface area contributed by atoms with E-state index in [2.05, 4.69) is 63.1 Å². The highest BCUT2D eigenvalue weighted by molar-refractivity contribution is 6.01. The first kappa shape index (κ1) is 13.5. The molecule has 0 aromatic carbocycles. The SMILES string of the molecule is CN=C(N)C1=C(C=C(C)C)C=CC(C)(C)C=C1. The van der Waals surface area contributed by atoms with Gasteiger partial charge in [0.15, 0.2) is 0 Å². The quantitative estimate of drug-likeness (QED) is 0.573. The molecule has 1 rings (SSSR count). The van der Waals surface area contributed by atoms with Crippen molar-refractivity contribution < 1.29 is 0 Å². The maximum atomic E-state index is 5.95. The lowest BCUT2D eigenvalue weighted by molar-refractivity contribution is 0.627. The van der Waals surface area contributed by atoms with Crippen LogP contribution in [0.2, 0.25) is 0 Å². The van der Waals surface area contributed by atoms with Gasteiger partial charge < -0.3 is 5.73 Å². The van der Waals surface area contributed by atoms with Gasteiger partial charge in [-0.1, -0.05) is 49.8 Å². The Balaban J connectivity index is 3.35. The zero-order valence-electron chi connectivity index (χ0n) is 11.4. The molecule has 2 heteroatoms. The van der Waals surface area contributed by atoms with Crippen LogP contribution in [0.25, 0.3) is 0 Å². The van der Waals surface area contributed by atoms with E-state index >= 15 is 0 Å². The van der Waals surface area contributed by atoms with Gasteiger partial charge in [0.05, 0.1) is 0 Å². The van der Waals surface area contributed by atoms with Gasteiger partial charge in [0.25, 0.3) is 0 Å². The Morgan fingerprint density at radius 1 is 1.24 bits per heavy atom. The topological polar surface area (TPSA) is 38.4 Å². The average Bonchev–Trinajstić information content (AvgIpc) is 2.37. The van der Waals surface area contributed by atoms with Crippen molar-refractivity contribution in [2.45, 2.75) is 27.7 Å². The summed E-state index contributed by atoms with van der Waals surface area (Å²) in [6.07, 6.45) is 10.7. The molecule has 1 aliphatic carbocycles. The summed E-state index contributed by atoms with van der Waals surface area (Å²) in [6.45, 7) is 8.50. The second-order valence-corrected chi connectivity index (χ2v) is 5.19. The first-order chi connectivity index (χ1) is 7.85. The molecule has 0 bridgehead atoms. The molecule has 0 radical (unpaired) electrons. The fourth-order valence-electron chi connectivity index (χ4n) is 1.63. The molecular formula is C15H22N2. The smallest absolute Gasteiger partial charge is 0.125 e. The van der Waals surface area contributed by atoms with E-state index in [0.717, 1.165) is 11.1 Å². The van der Waals surface area contributed by atoms with Crippen molar-refractivity contribution in [2.24, 2.45) is 16.1 Å². The minimum Gasteiger partial charge on any atom is -0.383 e. The largest absolute Gasteiger partial charge is 0.383 e. The highest BCUT2D eigenvalue weighted by Crippen LogP contribution is 2.26. The first-order valence-corrected chi connectivity index (χ1v) is 5.86. The summed E-state index contributed by atoms with van der Waals surface area (Å²) in [5, 5.41) is 0. The van der Waals surface area contributed by atoms with E-state index in [4.69, 9.17) is 5.73 Å². The van der Waals surface area contributed by atoms with Crippen LogP contribution in [-0.4, -0.2) is 12.9 Å². The minimum absolute atomic E-state index is 0.0521. The molecule has 1 aliphatic rings. The van der Waals surface area contributed by atoms with E-state index in [0.29, 0.717) is 5.84 Å². The van der Waals surface area contributed by atoms with Crippen LogP contribution < -0.4 is 5.73 Å². The Hall–Kier alpha value is -1.57. The van der Waals surface area contributed by atoms with Crippen LogP contribution in [-0.2, 0) is 0 Å². The van der Waals surface area contributed by atoms with Crippen molar-refractivity contribution in [1.82, 2.24) is 0 Å². The molecule has 0 saturated carbocycles. The normalized spacial score (nSPS) is 19.2. The number of rotatable bonds is 2. The molecule has 0 amide bonds. The summed E-state index contributed by atoms with van der Waals surface area (Å²) in [7, 11) is 1.72. The van der Waals surface area contributed by atoms with Gasteiger partial charge in [-0.2, -0.15) is 0 Å². The standard InChI is InChI=1S/C15H22N2/c1-11(2)10-12-6-8-15(3,4)9-7-13(12)14(16)17-5/h6-10H,1-5H3,(H2,16,17). The molecular weight excluding hydrogens is 208 g/mol. The lowest BCUT2D eigenvalue weighted by Gasteiger charge is -2.12. The molecule has 0 heterocycles. The van der Waals surface area contributed by atoms with Gasteiger partial charge in [0.2, 0.25) is 0 Å². The third-order valence-electron chi connectivity index (χ3n) is 2.64. The molecule has 2 nitrogen and oxygen atoms in total. The van der Waals surface area contributed by atoms with Gasteiger partial charge in [-0.3, -0.25) is 4.99 Å². The summed E-state index contributed by atoms with van der Waals surface area (Å²) < 4.78 is 0. The van der Waals surface area contributed by atoms with Crippen LogP contribution >= 0.6 is 0 Å². The molecule has 0 atom stereocenters. The lowest BCUT2D eigenvalue weighted by atomic mass is 9.93. The molecule has 2 N–H and O–H groups in total. The zero-order valence-corrected chi connectivity index (χ0v) is 11.4. The van der Waals surface area contributed by atoms with Crippen LogP contribution in [0.5, 0.6) is 0 Å². The second-order valence-electron chi connectivity index (χ2n) is 5.19. The highest BCUT2D eigenvalue weighted by Gasteiger charge is 2.14. The predicted molar refractivity (Wildman–Crippen MR) is 76.1 cm³/mol. The Kier molecular flexibility index (Phi) is 4.11. The summed E-state index contributed by atoms with van der Waals surface area (Å²) in [5.74, 6) is 0.580. The van der Waals surface area contributed by atoms with E-state index < -0.39 is 0 Å². The van der Waals surface area contributed by atoms with E-state index in [-0.39, 0.29) is 5.41 Å². The molecule has 0 aliphatic heterocycles. The van der Waals surface area contributed by atoms with Crippen LogP contribution in [0.3, 0.4) is 0 Å². The highest BCUT2D eigenvalue weighted by atomic mass is 14.8. The van der Waals surface area contributed by atoms with Crippen molar-refractivity contribution in [1.29, 1.82) is 0 Å². The van der Waals surface area contributed by atoms with Crippen LogP contribution in [0.1, 0.15) is 27.7 Å². The van der Waals surface area contributed by atoms with Gasteiger partial charge in [0, 0.05) is 18.0 Å². The molecule has 0 aromatic rings. The summed E-state index contributed by atoms with van der Waals surface area (Å²) in [6, 6.07) is 0. The van der Waals surface area contributed by atoms with E-state index in [9.17, 15) is 0 Å². The first-order valence-electron chi connectivity index (χ1n) is 5.86. The maximum absolute atomic E-state index is 5.95. The monoisotopic (exact) mass is 230 g/mol. The van der Waals surface area contributed by atoms with Crippen LogP contribution in [0.4, 0.5) is 0 Å². The van der Waals surface area contributed by atoms with Gasteiger partial charge in [0.1, 0.15) is 5.84 Å². The number of hydrogen-bond acceptors (Lipinski definition) is 1. The maximum Gasteiger partial charge on any atom is 0.125 e. The Bertz CT molecular complexity index is 440. The van der Waals surface area contributed by atoms with Gasteiger partial charge in [-0.15, -0.1) is 0 Å². The molecule has 92 valence electrons. The fraction of sp³-hybridized carbons (Fsp3) is 0.400. The average molecular weight is 230 g/mol. The van der Waals surface area contributed by atoms with E-state index in [1.165, 1.54) is 5.57 Å². The number of allylic oxidation sites excluding steroid dienone is 6. The Morgan fingerprint density at radius 3 is 2.35 bits per heavy atom. The van der Waals surface area contributed by atoms with Gasteiger partial charge in [-0.25, -0.2) is 0 Å². The summed E-state index contributed by atoms with van der Waals surface area (Å²) >= 11 is 0. The zero-order chi connectivity index (χ0) is 13.1. The predicted octanol–water partition coefficient (Wildman–Crippen LogP) is 3.39. The van der Waals surface area contributed by atoms with Crippen molar-refractivity contribution in [3.8, 4) is 0 Å². The number of hydrogen-bond donors (Lipinski definition) is 1. The fourth-order valence-corrected chi connectivity index (χ4v) is 1.63. The molecule has 0 fully saturated rings. The summed E-state index contributed by atoms with van der Waals surface area (Å²) in [5.41, 5.74) is 9.37. The molecule has 0 spiro atoms. The van der Waals surface area contributed by atoms with Gasteiger partial charge >= 0.3 is 0 Å². The van der Waals surface area contributed by atoms with E-state index in [1.54, 1.807) is 7.05 Å². The Morgan fingerprint density at radius 2 is 1.82 bits per heavy atom. The molecule has 0 unspecified atom stereocenters. The minimum atomic E-state index is 0.0521. The number of nitrogens with two attached hydrogens (primary N) is 1. The lowest BCUT2D eigenvalue weighted by Crippen LogP contribution is -2.14. The van der Waals surface area contributed by atoms with Crippen molar-refractivity contribution in [3.63, 3.8) is 0 Å². The second kappa shape index (κ2) is 5.17. The number of nitrogens with zero attached hydrogens (tertiary/aromatic N) is 1. The van der Waals surface area contributed by atoms with E-state index in [1.807, 2.05) is 0 Å². The van der Waals surface area contributed by atoms with Crippen LogP contribution in [0, 0.1) is 5.41 Å². The molecule has 0 aromatic heterocycles. The van der Waals surface area contributed by atoms with Crippen molar-refractivity contribution in [2.75, 3.05) is 7.05 Å². The van der Waals surface area contributed by atoms with Gasteiger partial charge in [-0.05, 0) is 19.4 Å². The summed E-state index contributed by atoms with van der Waals surface area (Å²) in [4.78, 5) is 4.08. The number of aliphatic imine (C=N–C) groups is 1. The van der Waals surface area contributed by atoms with Crippen LogP contribution in [0.15, 0.2) is 52.1 Å².